The summed E-state index contributed by atoms with van der Waals surface area (Å²) >= 11 is 0. The van der Waals surface area contributed by atoms with Crippen molar-refractivity contribution in [1.29, 1.82) is 0 Å². The molecule has 0 saturated carbocycles. The van der Waals surface area contributed by atoms with E-state index in [2.05, 4.69) is 10.3 Å². The predicted molar refractivity (Wildman–Crippen MR) is 37.0 cm³/mol. The normalized spacial score (nSPS) is 20.2. The fourth-order valence-corrected chi connectivity index (χ4v) is 1.54. The van der Waals surface area contributed by atoms with Crippen LogP contribution in [0.25, 0.3) is 0 Å². The average molecular weight is 173 g/mol. The van der Waals surface area contributed by atoms with Crippen LogP contribution in [0, 0.1) is 0 Å². The van der Waals surface area contributed by atoms with Gasteiger partial charge in [-0.15, -0.1) is 5.10 Å². The van der Waals surface area contributed by atoms with Gasteiger partial charge >= 0.3 is 18.9 Å². The first-order valence-electron chi connectivity index (χ1n) is 3.88. The monoisotopic (exact) mass is 173 g/mol. The molecule has 13 heavy (non-hydrogen) atoms. The van der Waals surface area contributed by atoms with Gasteiger partial charge in [-0.2, -0.15) is 0 Å². The van der Waals surface area contributed by atoms with Crippen molar-refractivity contribution in [2.24, 2.45) is 0 Å². The van der Waals surface area contributed by atoms with E-state index in [-0.39, 0.29) is 18.9 Å². The number of carboxylic acids is 1. The first-order valence-corrected chi connectivity index (χ1v) is 3.88. The van der Waals surface area contributed by atoms with Crippen LogP contribution in [-0.4, -0.2) is 21.0 Å². The molecular weight excluding hydrogens is 165 g/mol. The molecule has 1 atom stereocenters. The smallest absolute Gasteiger partial charge is 0.549 e. The fraction of sp³-hybridized carbons (Fsp3) is 0.571. The number of carbonyl (C=O) groups is 1. The topological polar surface area (TPSA) is 70.8 Å². The van der Waals surface area contributed by atoms with Crippen molar-refractivity contribution in [2.75, 3.05) is 0 Å². The maximum atomic E-state index is 10.6. The van der Waals surface area contributed by atoms with E-state index in [1.165, 1.54) is 6.20 Å². The Balaban J connectivity index is 0.000000845. The molecule has 6 heteroatoms. The van der Waals surface area contributed by atoms with Crippen molar-refractivity contribution in [2.45, 2.75) is 25.3 Å². The minimum absolute atomic E-state index is 0. The molecule has 0 aliphatic carbocycles. The summed E-state index contributed by atoms with van der Waals surface area (Å²) in [6.45, 7) is 0.763. The minimum Gasteiger partial charge on any atom is -0.549 e. The molecule has 5 nitrogen and oxygen atoms in total. The van der Waals surface area contributed by atoms with Gasteiger partial charge in [0.1, 0.15) is 0 Å². The number of nitrogens with zero attached hydrogens (tertiary/aromatic N) is 3. The van der Waals surface area contributed by atoms with Gasteiger partial charge in [0, 0.05) is 12.5 Å². The molecule has 0 spiro atoms. The average Bonchev–Trinajstić information content (AvgIpc) is 2.49. The number of rotatable bonds is 1. The number of fused-ring (bicyclic) bond motifs is 1. The Hall–Kier alpha value is -0.793. The molecule has 64 valence electrons. The number of carboxylic acid groups (broad SMARTS) is 1. The van der Waals surface area contributed by atoms with E-state index in [1.807, 2.05) is 0 Å². The predicted octanol–water partition coefficient (Wildman–Crippen LogP) is -4.09. The number of aliphatic carboxylic acids is 1. The van der Waals surface area contributed by atoms with Gasteiger partial charge in [-0.1, -0.05) is 5.21 Å². The number of aromatic nitrogens is 3. The number of carbonyl (C=O) groups excluding carboxylic acids is 1. The van der Waals surface area contributed by atoms with E-state index in [9.17, 15) is 9.90 Å². The van der Waals surface area contributed by atoms with Crippen LogP contribution in [0.15, 0.2) is 6.20 Å². The van der Waals surface area contributed by atoms with Crippen LogP contribution >= 0.6 is 0 Å². The second-order valence-corrected chi connectivity index (χ2v) is 2.90. The van der Waals surface area contributed by atoms with Gasteiger partial charge < -0.3 is 9.90 Å². The van der Waals surface area contributed by atoms with E-state index in [4.69, 9.17) is 0 Å². The Morgan fingerprint density at radius 1 is 1.69 bits per heavy atom. The summed E-state index contributed by atoms with van der Waals surface area (Å²) in [5.74, 6) is -1.55. The standard InChI is InChI=1S/C7H9N3O2.Li/c11-7(12)5-2-1-3-10-6(5)4-8-9-10;/h4-5H,1-3H2,(H,11,12);/q;+1/p-1. The van der Waals surface area contributed by atoms with Crippen LogP contribution in [0.5, 0.6) is 0 Å². The zero-order valence-corrected chi connectivity index (χ0v) is 7.43. The summed E-state index contributed by atoms with van der Waals surface area (Å²) in [4.78, 5) is 10.6. The maximum absolute atomic E-state index is 10.6. The minimum atomic E-state index is -1.03. The van der Waals surface area contributed by atoms with Crippen LogP contribution in [-0.2, 0) is 11.3 Å². The van der Waals surface area contributed by atoms with Crippen LogP contribution in [0.2, 0.25) is 0 Å². The molecule has 2 rings (SSSR count). The summed E-state index contributed by atoms with van der Waals surface area (Å²) in [5, 5.41) is 18.1. The van der Waals surface area contributed by atoms with Gasteiger partial charge in [-0.05, 0) is 12.8 Å². The van der Waals surface area contributed by atoms with Gasteiger partial charge in [-0.25, -0.2) is 4.68 Å². The summed E-state index contributed by atoms with van der Waals surface area (Å²) < 4.78 is 1.63. The fourth-order valence-electron chi connectivity index (χ4n) is 1.54. The van der Waals surface area contributed by atoms with Gasteiger partial charge in [0.05, 0.1) is 17.9 Å². The quantitative estimate of drug-likeness (QED) is 0.405. The molecule has 0 N–H and O–H groups in total. The molecule has 1 aromatic rings. The summed E-state index contributed by atoms with van der Waals surface area (Å²) in [7, 11) is 0. The van der Waals surface area contributed by atoms with Crippen LogP contribution in [0.1, 0.15) is 24.5 Å². The van der Waals surface area contributed by atoms with Crippen molar-refractivity contribution >= 4 is 5.97 Å². The molecule has 1 aliphatic heterocycles. The first kappa shape index (κ1) is 10.3. The molecular formula is C7H8LiN3O2. The van der Waals surface area contributed by atoms with Gasteiger partial charge in [0.15, 0.2) is 0 Å². The zero-order chi connectivity index (χ0) is 8.55. The van der Waals surface area contributed by atoms with Gasteiger partial charge in [0.2, 0.25) is 0 Å². The Kier molecular flexibility index (Phi) is 3.12. The molecule has 0 fully saturated rings. The first-order chi connectivity index (χ1) is 5.79. The molecule has 1 aliphatic rings. The molecule has 0 bridgehead atoms. The molecule has 0 saturated heterocycles. The molecule has 1 unspecified atom stereocenters. The van der Waals surface area contributed by atoms with E-state index < -0.39 is 11.9 Å². The number of hydrogen-bond acceptors (Lipinski definition) is 4. The summed E-state index contributed by atoms with van der Waals surface area (Å²) in [6.07, 6.45) is 2.96. The number of aryl methyl sites for hydroxylation is 1. The maximum Gasteiger partial charge on any atom is 1.00 e. The molecule has 2 heterocycles. The second-order valence-electron chi connectivity index (χ2n) is 2.90. The summed E-state index contributed by atoms with van der Waals surface area (Å²) in [5.41, 5.74) is 0.668. The van der Waals surface area contributed by atoms with Crippen molar-refractivity contribution in [3.63, 3.8) is 0 Å². The summed E-state index contributed by atoms with van der Waals surface area (Å²) in [6, 6.07) is 0. The molecule has 0 amide bonds. The van der Waals surface area contributed by atoms with E-state index >= 15 is 0 Å². The Morgan fingerprint density at radius 3 is 3.15 bits per heavy atom. The van der Waals surface area contributed by atoms with E-state index in [0.717, 1.165) is 13.0 Å². The SMILES string of the molecule is O=C([O-])C1CCCn2nncc21.[Li+]. The van der Waals surface area contributed by atoms with Crippen molar-refractivity contribution < 1.29 is 28.8 Å². The van der Waals surface area contributed by atoms with Crippen LogP contribution < -0.4 is 24.0 Å². The van der Waals surface area contributed by atoms with Crippen LogP contribution in [0.3, 0.4) is 0 Å². The van der Waals surface area contributed by atoms with Crippen LogP contribution in [0.4, 0.5) is 0 Å². The Labute approximate surface area is 87.3 Å². The molecule has 1 aromatic heterocycles. The third-order valence-electron chi connectivity index (χ3n) is 2.15. The Morgan fingerprint density at radius 2 is 2.46 bits per heavy atom. The van der Waals surface area contributed by atoms with Gasteiger partial charge in [0.25, 0.3) is 0 Å². The van der Waals surface area contributed by atoms with Crippen molar-refractivity contribution in [1.82, 2.24) is 15.0 Å². The van der Waals surface area contributed by atoms with Crippen molar-refractivity contribution in [3.05, 3.63) is 11.9 Å². The third kappa shape index (κ3) is 1.76. The Bertz CT molecular complexity index is 312. The van der Waals surface area contributed by atoms with E-state index in [1.54, 1.807) is 4.68 Å². The molecule has 0 radical (unpaired) electrons. The van der Waals surface area contributed by atoms with Crippen molar-refractivity contribution in [3.8, 4) is 0 Å². The third-order valence-corrected chi connectivity index (χ3v) is 2.15. The second kappa shape index (κ2) is 3.94. The molecule has 0 aromatic carbocycles. The largest absolute Gasteiger partial charge is 1.00 e. The van der Waals surface area contributed by atoms with Gasteiger partial charge in [-0.3, -0.25) is 0 Å². The van der Waals surface area contributed by atoms with E-state index in [0.29, 0.717) is 12.1 Å². The zero-order valence-electron chi connectivity index (χ0n) is 7.43. The number of hydrogen-bond donors (Lipinski definition) is 0.